The second-order valence-electron chi connectivity index (χ2n) is 5.25. The summed E-state index contributed by atoms with van der Waals surface area (Å²) in [5.74, 6) is 0. The van der Waals surface area contributed by atoms with Gasteiger partial charge in [0.25, 0.3) is 0 Å². The molecule has 1 aromatic heterocycles. The fourth-order valence-corrected chi connectivity index (χ4v) is 2.55. The van der Waals surface area contributed by atoms with Crippen LogP contribution in [-0.2, 0) is 4.74 Å². The molecule has 0 radical (unpaired) electrons. The average Bonchev–Trinajstić information content (AvgIpc) is 3.04. The van der Waals surface area contributed by atoms with E-state index in [-0.39, 0.29) is 22.4 Å². The zero-order valence-electron chi connectivity index (χ0n) is 12.0. The number of nitrogens with zero attached hydrogens (tertiary/aromatic N) is 3. The summed E-state index contributed by atoms with van der Waals surface area (Å²) in [4.78, 5) is 10.3. The summed E-state index contributed by atoms with van der Waals surface area (Å²) in [6.07, 6.45) is -5.61. The van der Waals surface area contributed by atoms with Crippen molar-refractivity contribution < 1.29 is 34.7 Å². The minimum Gasteiger partial charge on any atom is -0.394 e. The first-order chi connectivity index (χ1) is 11.4. The van der Waals surface area contributed by atoms with E-state index in [1.807, 2.05) is 0 Å². The quantitative estimate of drug-likeness (QED) is 0.316. The molecule has 1 fully saturated rings. The van der Waals surface area contributed by atoms with Gasteiger partial charge in [-0.05, 0) is 16.4 Å². The molecule has 1 aromatic carbocycles. The first-order valence-corrected chi connectivity index (χ1v) is 6.90. The normalized spacial score (nSPS) is 30.4. The van der Waals surface area contributed by atoms with Crippen molar-refractivity contribution in [2.75, 3.05) is 11.9 Å². The molecule has 0 amide bonds. The van der Waals surface area contributed by atoms with E-state index in [0.717, 1.165) is 6.07 Å². The Morgan fingerprint density at radius 3 is 2.58 bits per heavy atom. The number of hydrogen-bond acceptors (Lipinski definition) is 11. The third kappa shape index (κ3) is 2.65. The number of anilines is 1. The van der Waals surface area contributed by atoms with Crippen molar-refractivity contribution >= 4 is 22.4 Å². The van der Waals surface area contributed by atoms with Crippen molar-refractivity contribution in [3.05, 3.63) is 22.2 Å². The van der Waals surface area contributed by atoms with Crippen molar-refractivity contribution in [3.8, 4) is 0 Å². The predicted molar refractivity (Wildman–Crippen MR) is 75.8 cm³/mol. The molecule has 2 heterocycles. The van der Waals surface area contributed by atoms with Crippen molar-refractivity contribution in [3.63, 3.8) is 0 Å². The van der Waals surface area contributed by atoms with Crippen LogP contribution in [0.5, 0.6) is 0 Å². The van der Waals surface area contributed by atoms with Gasteiger partial charge >= 0.3 is 5.69 Å². The van der Waals surface area contributed by atoms with E-state index in [1.165, 1.54) is 6.07 Å². The molecule has 24 heavy (non-hydrogen) atoms. The van der Waals surface area contributed by atoms with E-state index in [0.29, 0.717) is 0 Å². The molecule has 2 aromatic rings. The van der Waals surface area contributed by atoms with Gasteiger partial charge in [0.1, 0.15) is 24.4 Å². The topological polar surface area (TPSA) is 184 Å². The summed E-state index contributed by atoms with van der Waals surface area (Å²) < 4.78 is 9.54. The van der Waals surface area contributed by atoms with E-state index in [1.54, 1.807) is 0 Å². The van der Waals surface area contributed by atoms with Crippen molar-refractivity contribution in [1.82, 2.24) is 10.3 Å². The third-order valence-corrected chi connectivity index (χ3v) is 3.81. The zero-order valence-corrected chi connectivity index (χ0v) is 12.0. The van der Waals surface area contributed by atoms with Gasteiger partial charge in [-0.1, -0.05) is 0 Å². The number of aromatic nitrogens is 2. The molecule has 5 atom stereocenters. The van der Waals surface area contributed by atoms with Crippen LogP contribution in [0.25, 0.3) is 11.0 Å². The molecule has 5 N–H and O–H groups in total. The highest BCUT2D eigenvalue weighted by Gasteiger charge is 2.44. The number of nitrogens with one attached hydrogen (secondary N) is 1. The molecule has 0 spiro atoms. The van der Waals surface area contributed by atoms with Crippen molar-refractivity contribution in [1.29, 1.82) is 0 Å². The van der Waals surface area contributed by atoms with Gasteiger partial charge in [-0.3, -0.25) is 10.1 Å². The van der Waals surface area contributed by atoms with Gasteiger partial charge in [0.05, 0.1) is 17.2 Å². The molecule has 0 bridgehead atoms. The molecule has 1 aliphatic rings. The molecular formula is C12H14N4O8. The number of hydrogen-bond donors (Lipinski definition) is 5. The Morgan fingerprint density at radius 1 is 1.21 bits per heavy atom. The Bertz CT molecular complexity index is 752. The molecule has 12 nitrogen and oxygen atoms in total. The maximum absolute atomic E-state index is 10.9. The van der Waals surface area contributed by atoms with Gasteiger partial charge in [-0.2, -0.15) is 0 Å². The second-order valence-corrected chi connectivity index (χ2v) is 5.25. The summed E-state index contributed by atoms with van der Waals surface area (Å²) in [5, 5.41) is 59.7. The van der Waals surface area contributed by atoms with Crippen LogP contribution in [-0.4, -0.2) is 72.9 Å². The molecular weight excluding hydrogens is 328 g/mol. The summed E-state index contributed by atoms with van der Waals surface area (Å²) in [6.45, 7) is -0.586. The van der Waals surface area contributed by atoms with E-state index >= 15 is 0 Å². The number of benzene rings is 1. The lowest BCUT2D eigenvalue weighted by atomic mass is 9.96. The van der Waals surface area contributed by atoms with Crippen LogP contribution < -0.4 is 5.32 Å². The average molecular weight is 342 g/mol. The number of fused-ring (bicyclic) bond motifs is 1. The van der Waals surface area contributed by atoms with Gasteiger partial charge < -0.3 is 30.5 Å². The molecule has 2 unspecified atom stereocenters. The minimum absolute atomic E-state index is 0.0161. The van der Waals surface area contributed by atoms with Gasteiger partial charge in [-0.15, -0.1) is 0 Å². The van der Waals surface area contributed by atoms with Gasteiger partial charge in [0, 0.05) is 6.07 Å². The molecule has 12 heteroatoms. The number of aliphatic hydroxyl groups excluding tert-OH is 4. The highest BCUT2D eigenvalue weighted by atomic mass is 16.6. The number of nitro benzene ring substituents is 1. The Kier molecular flexibility index (Phi) is 4.29. The van der Waals surface area contributed by atoms with Crippen LogP contribution in [0.15, 0.2) is 16.8 Å². The van der Waals surface area contributed by atoms with Crippen LogP contribution in [0.1, 0.15) is 0 Å². The number of rotatable bonds is 4. The lowest BCUT2D eigenvalue weighted by Crippen LogP contribution is -2.61. The summed E-state index contributed by atoms with van der Waals surface area (Å²) >= 11 is 0. The standard InChI is InChI=1S/C12H14N4O8/c17-3-6-10(18)11(19)9(12(20)23-6)13-4-1-2-5(16(21)22)8-7(4)14-24-15-8/h1-2,6,9-13,17-20H,3H2/t6?,9-,10+,11?,12+/m1/s1. The lowest BCUT2D eigenvalue weighted by Gasteiger charge is -2.40. The molecule has 0 aliphatic carbocycles. The first-order valence-electron chi connectivity index (χ1n) is 6.90. The summed E-state index contributed by atoms with van der Waals surface area (Å²) in [5.41, 5.74) is -0.238. The number of non-ortho nitro benzene ring substituents is 1. The molecule has 1 aliphatic heterocycles. The monoisotopic (exact) mass is 342 g/mol. The van der Waals surface area contributed by atoms with Crippen LogP contribution >= 0.6 is 0 Å². The third-order valence-electron chi connectivity index (χ3n) is 3.81. The molecule has 0 saturated carbocycles. The molecule has 3 rings (SSSR count). The first kappa shape index (κ1) is 16.5. The Morgan fingerprint density at radius 2 is 1.92 bits per heavy atom. The molecule has 130 valence electrons. The van der Waals surface area contributed by atoms with Gasteiger partial charge in [0.2, 0.25) is 5.52 Å². The van der Waals surface area contributed by atoms with E-state index in [4.69, 9.17) is 9.84 Å². The maximum atomic E-state index is 10.9. The summed E-state index contributed by atoms with van der Waals surface area (Å²) in [7, 11) is 0. The van der Waals surface area contributed by atoms with Crippen LogP contribution in [0.4, 0.5) is 11.4 Å². The van der Waals surface area contributed by atoms with Crippen LogP contribution in [0, 0.1) is 10.1 Å². The zero-order chi connectivity index (χ0) is 17.4. The van der Waals surface area contributed by atoms with Crippen LogP contribution in [0.3, 0.4) is 0 Å². The fraction of sp³-hybridized carbons (Fsp3) is 0.500. The Labute approximate surface area is 133 Å². The lowest BCUT2D eigenvalue weighted by molar-refractivity contribution is -0.383. The highest BCUT2D eigenvalue weighted by molar-refractivity contribution is 5.93. The minimum atomic E-state index is -1.55. The highest BCUT2D eigenvalue weighted by Crippen LogP contribution is 2.31. The van der Waals surface area contributed by atoms with E-state index in [9.17, 15) is 25.4 Å². The molecule has 1 saturated heterocycles. The predicted octanol–water partition coefficient (Wildman–Crippen LogP) is -1.66. The van der Waals surface area contributed by atoms with Crippen molar-refractivity contribution in [2.24, 2.45) is 0 Å². The number of aliphatic hydroxyl groups is 4. The largest absolute Gasteiger partial charge is 0.394 e. The van der Waals surface area contributed by atoms with E-state index < -0.39 is 42.2 Å². The number of ether oxygens (including phenoxy) is 1. The van der Waals surface area contributed by atoms with Gasteiger partial charge in [-0.25, -0.2) is 4.63 Å². The Balaban J connectivity index is 1.91. The SMILES string of the molecule is O=[N+]([O-])c1ccc(N[C@@H]2C(O)[C@@H](O)C(CO)O[C@@H]2O)c2nonc12. The van der Waals surface area contributed by atoms with E-state index in [2.05, 4.69) is 20.3 Å². The number of nitro groups is 1. The Hall–Kier alpha value is -2.38. The van der Waals surface area contributed by atoms with Crippen LogP contribution in [0.2, 0.25) is 0 Å². The second kappa shape index (κ2) is 6.26. The maximum Gasteiger partial charge on any atom is 0.300 e. The summed E-state index contributed by atoms with van der Waals surface area (Å²) in [6, 6.07) is 1.28. The fourth-order valence-electron chi connectivity index (χ4n) is 2.55. The van der Waals surface area contributed by atoms with Gasteiger partial charge in [0.15, 0.2) is 11.8 Å². The van der Waals surface area contributed by atoms with Crippen molar-refractivity contribution in [2.45, 2.75) is 30.6 Å². The smallest absolute Gasteiger partial charge is 0.300 e.